The standard InChI is InChI=1S/C20H25NO6/c1-6-27-17(22)18(14-21)16(13-12-15-10-8-7-9-11-15)19(23-2,24-3)20(18,25-4)26-5/h7-13,16H,6H2,1-5H3/b13-12+. The molecule has 2 rings (SSSR count). The lowest BCUT2D eigenvalue weighted by molar-refractivity contribution is -0.492. The lowest BCUT2D eigenvalue weighted by atomic mass is 9.50. The molecule has 0 saturated heterocycles. The van der Waals surface area contributed by atoms with Gasteiger partial charge in [-0.3, -0.25) is 4.79 Å². The van der Waals surface area contributed by atoms with E-state index in [9.17, 15) is 10.1 Å². The van der Waals surface area contributed by atoms with Gasteiger partial charge in [0.25, 0.3) is 5.79 Å². The molecule has 0 heterocycles. The summed E-state index contributed by atoms with van der Waals surface area (Å²) in [6, 6.07) is 11.5. The van der Waals surface area contributed by atoms with Crippen molar-refractivity contribution in [3.05, 3.63) is 42.0 Å². The van der Waals surface area contributed by atoms with Crippen LogP contribution < -0.4 is 0 Å². The average Bonchev–Trinajstić information content (AvgIpc) is 2.70. The van der Waals surface area contributed by atoms with Gasteiger partial charge in [0.15, 0.2) is 0 Å². The van der Waals surface area contributed by atoms with Crippen LogP contribution in [0.3, 0.4) is 0 Å². The summed E-state index contributed by atoms with van der Waals surface area (Å²) >= 11 is 0. The molecular formula is C20H25NO6. The fourth-order valence-electron chi connectivity index (χ4n) is 3.92. The second-order valence-corrected chi connectivity index (χ2v) is 5.99. The van der Waals surface area contributed by atoms with E-state index in [1.54, 1.807) is 19.1 Å². The largest absolute Gasteiger partial charge is 0.465 e. The molecule has 0 amide bonds. The molecule has 0 aliphatic heterocycles. The van der Waals surface area contributed by atoms with Crippen molar-refractivity contribution in [1.29, 1.82) is 5.26 Å². The first-order valence-corrected chi connectivity index (χ1v) is 8.52. The molecule has 1 aliphatic rings. The van der Waals surface area contributed by atoms with Crippen LogP contribution in [0, 0.1) is 22.7 Å². The predicted molar refractivity (Wildman–Crippen MR) is 97.1 cm³/mol. The van der Waals surface area contributed by atoms with Gasteiger partial charge in [-0.2, -0.15) is 5.26 Å². The first kappa shape index (κ1) is 21.1. The molecule has 0 N–H and O–H groups in total. The monoisotopic (exact) mass is 375 g/mol. The quantitative estimate of drug-likeness (QED) is 0.509. The Balaban J connectivity index is 2.65. The molecule has 27 heavy (non-hydrogen) atoms. The summed E-state index contributed by atoms with van der Waals surface area (Å²) in [5.74, 6) is -4.94. The molecule has 2 unspecified atom stereocenters. The van der Waals surface area contributed by atoms with E-state index < -0.39 is 28.9 Å². The Labute approximate surface area is 159 Å². The molecule has 146 valence electrons. The van der Waals surface area contributed by atoms with Gasteiger partial charge >= 0.3 is 5.97 Å². The third-order valence-corrected chi connectivity index (χ3v) is 5.09. The Bertz CT molecular complexity index is 718. The molecule has 0 aromatic heterocycles. The van der Waals surface area contributed by atoms with E-state index in [2.05, 4.69) is 6.07 Å². The average molecular weight is 375 g/mol. The van der Waals surface area contributed by atoms with Crippen molar-refractivity contribution in [1.82, 2.24) is 0 Å². The third kappa shape index (κ3) is 2.68. The fourth-order valence-corrected chi connectivity index (χ4v) is 3.92. The van der Waals surface area contributed by atoms with Crippen molar-refractivity contribution < 1.29 is 28.5 Å². The van der Waals surface area contributed by atoms with Gasteiger partial charge in [0.1, 0.15) is 0 Å². The van der Waals surface area contributed by atoms with Crippen LogP contribution in [0.5, 0.6) is 0 Å². The van der Waals surface area contributed by atoms with Gasteiger partial charge in [-0.25, -0.2) is 0 Å². The Kier molecular flexibility index (Phi) is 6.39. The minimum absolute atomic E-state index is 0.105. The highest BCUT2D eigenvalue weighted by Crippen LogP contribution is 2.66. The molecule has 1 saturated carbocycles. The van der Waals surface area contributed by atoms with Crippen LogP contribution in [-0.2, 0) is 28.5 Å². The molecular weight excluding hydrogens is 350 g/mol. The van der Waals surface area contributed by atoms with Gasteiger partial charge in [0.05, 0.1) is 18.6 Å². The van der Waals surface area contributed by atoms with E-state index in [0.717, 1.165) is 5.56 Å². The van der Waals surface area contributed by atoms with Gasteiger partial charge < -0.3 is 23.7 Å². The molecule has 1 aromatic rings. The Morgan fingerprint density at radius 2 is 1.70 bits per heavy atom. The van der Waals surface area contributed by atoms with Crippen molar-refractivity contribution in [2.75, 3.05) is 35.0 Å². The Hall–Kier alpha value is -2.24. The first-order valence-electron chi connectivity index (χ1n) is 8.52. The Morgan fingerprint density at radius 3 is 2.15 bits per heavy atom. The van der Waals surface area contributed by atoms with Gasteiger partial charge in [0.2, 0.25) is 11.2 Å². The minimum atomic E-state index is -1.82. The third-order valence-electron chi connectivity index (χ3n) is 5.09. The maximum atomic E-state index is 12.9. The second kappa shape index (κ2) is 8.19. The van der Waals surface area contributed by atoms with Gasteiger partial charge in [-0.15, -0.1) is 0 Å². The highest BCUT2D eigenvalue weighted by Gasteiger charge is 2.88. The van der Waals surface area contributed by atoms with Crippen LogP contribution in [-0.4, -0.2) is 52.6 Å². The summed E-state index contributed by atoms with van der Waals surface area (Å²) < 4.78 is 27.5. The second-order valence-electron chi connectivity index (χ2n) is 5.99. The summed E-state index contributed by atoms with van der Waals surface area (Å²) in [5.41, 5.74) is -0.925. The van der Waals surface area contributed by atoms with Crippen LogP contribution in [0.4, 0.5) is 0 Å². The maximum absolute atomic E-state index is 12.9. The van der Waals surface area contributed by atoms with E-state index in [1.165, 1.54) is 28.4 Å². The fraction of sp³-hybridized carbons (Fsp3) is 0.500. The molecule has 1 aliphatic carbocycles. The van der Waals surface area contributed by atoms with Crippen molar-refractivity contribution in [2.45, 2.75) is 18.5 Å². The van der Waals surface area contributed by atoms with E-state index in [4.69, 9.17) is 23.7 Å². The number of carbonyl (C=O) groups excluding carboxylic acids is 1. The van der Waals surface area contributed by atoms with Crippen molar-refractivity contribution >= 4 is 12.0 Å². The first-order chi connectivity index (χ1) is 13.0. The molecule has 0 bridgehead atoms. The lowest BCUT2D eigenvalue weighted by Gasteiger charge is -2.65. The summed E-state index contributed by atoms with van der Waals surface area (Å²) in [6.07, 6.45) is 3.48. The van der Waals surface area contributed by atoms with E-state index in [0.29, 0.717) is 0 Å². The van der Waals surface area contributed by atoms with Crippen molar-refractivity contribution in [3.8, 4) is 6.07 Å². The molecule has 7 nitrogen and oxygen atoms in total. The van der Waals surface area contributed by atoms with Crippen LogP contribution in [0.2, 0.25) is 0 Å². The summed E-state index contributed by atoms with van der Waals surface area (Å²) in [7, 11) is 5.48. The van der Waals surface area contributed by atoms with E-state index >= 15 is 0 Å². The number of benzene rings is 1. The van der Waals surface area contributed by atoms with E-state index in [1.807, 2.05) is 30.3 Å². The summed E-state index contributed by atoms with van der Waals surface area (Å²) in [5, 5.41) is 10.1. The highest BCUT2D eigenvalue weighted by atomic mass is 16.8. The molecule has 1 aromatic carbocycles. The van der Waals surface area contributed by atoms with Gasteiger partial charge in [-0.05, 0) is 12.5 Å². The number of esters is 1. The number of methoxy groups -OCH3 is 4. The number of nitriles is 1. The normalized spacial score (nSPS) is 25.6. The topological polar surface area (TPSA) is 87.0 Å². The molecule has 7 heteroatoms. The SMILES string of the molecule is CCOC(=O)C1(C#N)C(/C=C/c2ccccc2)C(OC)(OC)C1(OC)OC. The highest BCUT2D eigenvalue weighted by molar-refractivity contribution is 5.85. The molecule has 0 spiro atoms. The van der Waals surface area contributed by atoms with Gasteiger partial charge in [0, 0.05) is 28.4 Å². The zero-order valence-corrected chi connectivity index (χ0v) is 16.2. The molecule has 1 fully saturated rings. The van der Waals surface area contributed by atoms with Gasteiger partial charge in [-0.1, -0.05) is 42.5 Å². The zero-order valence-electron chi connectivity index (χ0n) is 16.2. The zero-order chi connectivity index (χ0) is 20.1. The predicted octanol–water partition coefficient (Wildman–Crippen LogP) is 2.38. The Morgan fingerprint density at radius 1 is 1.11 bits per heavy atom. The number of ether oxygens (including phenoxy) is 5. The number of carbonyl (C=O) groups is 1. The van der Waals surface area contributed by atoms with Crippen LogP contribution in [0.1, 0.15) is 12.5 Å². The minimum Gasteiger partial charge on any atom is -0.465 e. The number of nitrogens with zero attached hydrogens (tertiary/aromatic N) is 1. The number of hydrogen-bond acceptors (Lipinski definition) is 7. The molecule has 2 atom stereocenters. The van der Waals surface area contributed by atoms with Crippen LogP contribution in [0.25, 0.3) is 6.08 Å². The van der Waals surface area contributed by atoms with E-state index in [-0.39, 0.29) is 6.61 Å². The molecule has 0 radical (unpaired) electrons. The lowest BCUT2D eigenvalue weighted by Crippen LogP contribution is -2.85. The summed E-state index contributed by atoms with van der Waals surface area (Å²) in [6.45, 7) is 1.77. The smallest absolute Gasteiger partial charge is 0.333 e. The van der Waals surface area contributed by atoms with Crippen LogP contribution in [0.15, 0.2) is 36.4 Å². The number of rotatable bonds is 8. The van der Waals surface area contributed by atoms with Crippen molar-refractivity contribution in [2.24, 2.45) is 11.3 Å². The number of hydrogen-bond donors (Lipinski definition) is 0. The van der Waals surface area contributed by atoms with Crippen LogP contribution >= 0.6 is 0 Å². The maximum Gasteiger partial charge on any atom is 0.333 e. The summed E-state index contributed by atoms with van der Waals surface area (Å²) in [4.78, 5) is 12.9. The van der Waals surface area contributed by atoms with Crippen molar-refractivity contribution in [3.63, 3.8) is 0 Å².